The molecule has 3 unspecified atom stereocenters. The van der Waals surface area contributed by atoms with E-state index in [9.17, 15) is 24.3 Å². The SMILES string of the molecule is NC(Cc1ccc(O)cc1)C(=O)N1CCCC1C(=O)NCC(=O)NC(CS)C(=O)O. The van der Waals surface area contributed by atoms with E-state index < -0.39 is 42.5 Å². The van der Waals surface area contributed by atoms with Gasteiger partial charge in [-0.15, -0.1) is 0 Å². The molecule has 0 radical (unpaired) electrons. The van der Waals surface area contributed by atoms with E-state index in [0.717, 1.165) is 5.56 Å². The number of phenolic OH excluding ortho intramolecular Hbond substituents is 1. The second-order valence-corrected chi connectivity index (χ2v) is 7.39. The average Bonchev–Trinajstić information content (AvgIpc) is 3.20. The van der Waals surface area contributed by atoms with Crippen LogP contribution in [0, 0.1) is 0 Å². The summed E-state index contributed by atoms with van der Waals surface area (Å²) in [4.78, 5) is 49.4. The van der Waals surface area contributed by atoms with Crippen molar-refractivity contribution in [1.82, 2.24) is 15.5 Å². The lowest BCUT2D eigenvalue weighted by atomic mass is 10.0. The van der Waals surface area contributed by atoms with Gasteiger partial charge in [-0.25, -0.2) is 4.79 Å². The molecular formula is C19H26N4O6S. The van der Waals surface area contributed by atoms with Gasteiger partial charge >= 0.3 is 5.97 Å². The summed E-state index contributed by atoms with van der Waals surface area (Å²) >= 11 is 3.85. The zero-order chi connectivity index (χ0) is 22.3. The molecule has 3 amide bonds. The molecule has 2 rings (SSSR count). The standard InChI is InChI=1S/C19H26N4O6S/c20-13(8-11-3-5-12(24)6-4-11)18(27)23-7-1-2-15(23)17(26)21-9-16(25)22-14(10-30)19(28)29/h3-6,13-15,24,30H,1-2,7-10,20H2,(H,21,26)(H,22,25)(H,28,29). The van der Waals surface area contributed by atoms with E-state index in [1.54, 1.807) is 12.1 Å². The van der Waals surface area contributed by atoms with E-state index in [4.69, 9.17) is 10.8 Å². The molecule has 0 bridgehead atoms. The summed E-state index contributed by atoms with van der Waals surface area (Å²) in [6, 6.07) is 3.61. The maximum atomic E-state index is 12.7. The number of benzene rings is 1. The predicted molar refractivity (Wildman–Crippen MR) is 111 cm³/mol. The van der Waals surface area contributed by atoms with E-state index in [2.05, 4.69) is 23.3 Å². The highest BCUT2D eigenvalue weighted by molar-refractivity contribution is 7.80. The number of nitrogens with two attached hydrogens (primary N) is 1. The molecule has 1 heterocycles. The van der Waals surface area contributed by atoms with Gasteiger partial charge in [0.2, 0.25) is 17.7 Å². The first-order valence-electron chi connectivity index (χ1n) is 9.47. The third-order valence-corrected chi connectivity index (χ3v) is 5.15. The Morgan fingerprint density at radius 2 is 1.90 bits per heavy atom. The predicted octanol–water partition coefficient (Wildman–Crippen LogP) is -1.13. The number of hydrogen-bond donors (Lipinski definition) is 6. The van der Waals surface area contributed by atoms with Gasteiger partial charge in [0.15, 0.2) is 0 Å². The summed E-state index contributed by atoms with van der Waals surface area (Å²) in [5.41, 5.74) is 6.82. The van der Waals surface area contributed by atoms with Crippen LogP contribution in [0.5, 0.6) is 5.75 Å². The van der Waals surface area contributed by atoms with E-state index >= 15 is 0 Å². The van der Waals surface area contributed by atoms with Gasteiger partial charge in [0.05, 0.1) is 12.6 Å². The van der Waals surface area contributed by atoms with Crippen LogP contribution >= 0.6 is 12.6 Å². The second-order valence-electron chi connectivity index (χ2n) is 7.03. The normalized spacial score (nSPS) is 17.8. The Labute approximate surface area is 179 Å². The fraction of sp³-hybridized carbons (Fsp3) is 0.474. The third-order valence-electron chi connectivity index (χ3n) is 4.79. The van der Waals surface area contributed by atoms with Crippen molar-refractivity contribution in [2.24, 2.45) is 5.73 Å². The number of hydrogen-bond acceptors (Lipinski definition) is 7. The lowest BCUT2D eigenvalue weighted by Crippen LogP contribution is -2.53. The van der Waals surface area contributed by atoms with Crippen LogP contribution in [0.1, 0.15) is 18.4 Å². The number of aromatic hydroxyl groups is 1. The largest absolute Gasteiger partial charge is 0.508 e. The van der Waals surface area contributed by atoms with Crippen molar-refractivity contribution >= 4 is 36.3 Å². The van der Waals surface area contributed by atoms with Crippen LogP contribution in [0.2, 0.25) is 0 Å². The molecule has 1 aromatic carbocycles. The fourth-order valence-corrected chi connectivity index (χ4v) is 3.45. The second kappa shape index (κ2) is 10.8. The number of aliphatic carboxylic acids is 1. The Morgan fingerprint density at radius 1 is 1.23 bits per heavy atom. The van der Waals surface area contributed by atoms with Gasteiger partial charge in [0.25, 0.3) is 0 Å². The lowest BCUT2D eigenvalue weighted by Gasteiger charge is -2.26. The van der Waals surface area contributed by atoms with Gasteiger partial charge in [-0.2, -0.15) is 12.6 Å². The molecule has 10 nitrogen and oxygen atoms in total. The molecular weight excluding hydrogens is 412 g/mol. The maximum absolute atomic E-state index is 12.7. The highest BCUT2D eigenvalue weighted by Crippen LogP contribution is 2.19. The number of carbonyl (C=O) groups is 4. The van der Waals surface area contributed by atoms with Gasteiger partial charge in [-0.05, 0) is 37.0 Å². The van der Waals surface area contributed by atoms with Gasteiger partial charge in [0, 0.05) is 12.3 Å². The molecule has 0 spiro atoms. The number of thiol groups is 1. The van der Waals surface area contributed by atoms with E-state index in [1.165, 1.54) is 17.0 Å². The first-order chi connectivity index (χ1) is 14.2. The zero-order valence-electron chi connectivity index (χ0n) is 16.3. The number of rotatable bonds is 9. The smallest absolute Gasteiger partial charge is 0.327 e. The highest BCUT2D eigenvalue weighted by Gasteiger charge is 2.36. The quantitative estimate of drug-likeness (QED) is 0.266. The minimum Gasteiger partial charge on any atom is -0.508 e. The summed E-state index contributed by atoms with van der Waals surface area (Å²) in [5.74, 6) is -2.72. The Kier molecular flexibility index (Phi) is 8.48. The number of carbonyl (C=O) groups excluding carboxylic acids is 3. The molecule has 3 atom stereocenters. The molecule has 30 heavy (non-hydrogen) atoms. The van der Waals surface area contributed by atoms with Crippen LogP contribution in [-0.4, -0.2) is 75.8 Å². The van der Waals surface area contributed by atoms with Crippen molar-refractivity contribution in [2.75, 3.05) is 18.8 Å². The molecule has 1 fully saturated rings. The van der Waals surface area contributed by atoms with E-state index in [0.29, 0.717) is 19.4 Å². The van der Waals surface area contributed by atoms with Crippen LogP contribution in [0.25, 0.3) is 0 Å². The molecule has 6 N–H and O–H groups in total. The highest BCUT2D eigenvalue weighted by atomic mass is 32.1. The van der Waals surface area contributed by atoms with Gasteiger partial charge in [0.1, 0.15) is 17.8 Å². The van der Waals surface area contributed by atoms with Crippen LogP contribution in [-0.2, 0) is 25.6 Å². The van der Waals surface area contributed by atoms with Crippen molar-refractivity contribution in [2.45, 2.75) is 37.4 Å². The summed E-state index contributed by atoms with van der Waals surface area (Å²) in [5, 5.41) is 22.9. The molecule has 1 aliphatic rings. The fourth-order valence-electron chi connectivity index (χ4n) is 3.21. The van der Waals surface area contributed by atoms with Gasteiger partial charge in [-0.1, -0.05) is 12.1 Å². The van der Waals surface area contributed by atoms with Crippen LogP contribution in [0.4, 0.5) is 0 Å². The molecule has 11 heteroatoms. The first kappa shape index (κ1) is 23.5. The Hall–Kier alpha value is -2.79. The zero-order valence-corrected chi connectivity index (χ0v) is 17.2. The molecule has 1 aromatic rings. The molecule has 1 saturated heterocycles. The molecule has 0 aliphatic carbocycles. The van der Waals surface area contributed by atoms with Crippen molar-refractivity contribution in [3.63, 3.8) is 0 Å². The molecule has 0 aromatic heterocycles. The monoisotopic (exact) mass is 438 g/mol. The van der Waals surface area contributed by atoms with Gasteiger partial charge < -0.3 is 31.5 Å². The van der Waals surface area contributed by atoms with Crippen LogP contribution in [0.3, 0.4) is 0 Å². The van der Waals surface area contributed by atoms with Crippen molar-refractivity contribution in [3.8, 4) is 5.75 Å². The summed E-state index contributed by atoms with van der Waals surface area (Å²) in [7, 11) is 0. The Bertz CT molecular complexity index is 788. The van der Waals surface area contributed by atoms with Crippen molar-refractivity contribution in [3.05, 3.63) is 29.8 Å². The summed E-state index contributed by atoms with van der Waals surface area (Å²) < 4.78 is 0. The van der Waals surface area contributed by atoms with E-state index in [-0.39, 0.29) is 23.8 Å². The number of amides is 3. The van der Waals surface area contributed by atoms with Crippen molar-refractivity contribution < 1.29 is 29.4 Å². The third kappa shape index (κ3) is 6.36. The molecule has 0 saturated carbocycles. The summed E-state index contributed by atoms with van der Waals surface area (Å²) in [6.45, 7) is -0.0262. The minimum atomic E-state index is -1.22. The van der Waals surface area contributed by atoms with E-state index in [1.807, 2.05) is 0 Å². The number of likely N-dealkylation sites (tertiary alicyclic amines) is 1. The minimum absolute atomic E-state index is 0.0845. The number of nitrogens with zero attached hydrogens (tertiary/aromatic N) is 1. The number of carboxylic acids is 1. The molecule has 164 valence electrons. The Morgan fingerprint density at radius 3 is 2.50 bits per heavy atom. The van der Waals surface area contributed by atoms with Crippen molar-refractivity contribution in [1.29, 1.82) is 0 Å². The number of phenols is 1. The lowest BCUT2D eigenvalue weighted by molar-refractivity contribution is -0.141. The maximum Gasteiger partial charge on any atom is 0.327 e. The molecule has 1 aliphatic heterocycles. The average molecular weight is 439 g/mol. The van der Waals surface area contributed by atoms with Gasteiger partial charge in [-0.3, -0.25) is 14.4 Å². The first-order valence-corrected chi connectivity index (χ1v) is 10.1. The topological polar surface area (TPSA) is 162 Å². The summed E-state index contributed by atoms with van der Waals surface area (Å²) in [6.07, 6.45) is 1.33. The Balaban J connectivity index is 1.89. The number of carboxylic acid groups (broad SMARTS) is 1. The van der Waals surface area contributed by atoms with Crippen LogP contribution in [0.15, 0.2) is 24.3 Å². The number of nitrogens with one attached hydrogen (secondary N) is 2. The van der Waals surface area contributed by atoms with Crippen LogP contribution < -0.4 is 16.4 Å².